The highest BCUT2D eigenvalue weighted by Crippen LogP contribution is 2.24. The summed E-state index contributed by atoms with van der Waals surface area (Å²) in [5.41, 5.74) is 1.85. The van der Waals surface area contributed by atoms with E-state index in [0.29, 0.717) is 30.1 Å². The van der Waals surface area contributed by atoms with Crippen molar-refractivity contribution in [2.75, 3.05) is 13.1 Å². The molecule has 0 saturated carbocycles. The molecule has 1 fully saturated rings. The Balaban J connectivity index is 1.60. The summed E-state index contributed by atoms with van der Waals surface area (Å²) in [6.07, 6.45) is 4.02. The molecule has 1 amide bonds. The molecule has 1 aromatic carbocycles. The van der Waals surface area contributed by atoms with E-state index < -0.39 is 5.97 Å². The standard InChI is InChI=1S/C19H21NO4/c1-13-10-16(12-24-13)18(21)20-8-6-14(7-9-20)11-15-4-2-3-5-17(15)19(22)23/h2-5,10,12,14H,6-9,11H2,1H3,(H,22,23). The lowest BCUT2D eigenvalue weighted by Gasteiger charge is -2.32. The van der Waals surface area contributed by atoms with Gasteiger partial charge in [0.2, 0.25) is 0 Å². The number of carbonyl (C=O) groups is 2. The van der Waals surface area contributed by atoms with E-state index in [9.17, 15) is 14.7 Å². The largest absolute Gasteiger partial charge is 0.478 e. The first-order valence-electron chi connectivity index (χ1n) is 8.20. The van der Waals surface area contributed by atoms with Crippen molar-refractivity contribution in [3.63, 3.8) is 0 Å². The molecule has 5 nitrogen and oxygen atoms in total. The number of aryl methyl sites for hydroxylation is 1. The second kappa shape index (κ2) is 6.91. The molecule has 24 heavy (non-hydrogen) atoms. The van der Waals surface area contributed by atoms with Gasteiger partial charge in [0.1, 0.15) is 12.0 Å². The third kappa shape index (κ3) is 3.50. The summed E-state index contributed by atoms with van der Waals surface area (Å²) in [4.78, 5) is 25.6. The van der Waals surface area contributed by atoms with Gasteiger partial charge in [-0.2, -0.15) is 0 Å². The van der Waals surface area contributed by atoms with Gasteiger partial charge in [-0.15, -0.1) is 0 Å². The summed E-state index contributed by atoms with van der Waals surface area (Å²) in [7, 11) is 0. The van der Waals surface area contributed by atoms with Gasteiger partial charge < -0.3 is 14.4 Å². The summed E-state index contributed by atoms with van der Waals surface area (Å²) in [5, 5.41) is 9.28. The van der Waals surface area contributed by atoms with Crippen molar-refractivity contribution in [2.24, 2.45) is 5.92 Å². The Bertz CT molecular complexity index is 741. The number of aromatic carboxylic acids is 1. The lowest BCUT2D eigenvalue weighted by atomic mass is 9.88. The van der Waals surface area contributed by atoms with Crippen LogP contribution < -0.4 is 0 Å². The molecular weight excluding hydrogens is 306 g/mol. The zero-order chi connectivity index (χ0) is 17.1. The summed E-state index contributed by atoms with van der Waals surface area (Å²) in [6.45, 7) is 3.22. The Hall–Kier alpha value is -2.56. The van der Waals surface area contributed by atoms with E-state index in [0.717, 1.165) is 30.6 Å². The summed E-state index contributed by atoms with van der Waals surface area (Å²) >= 11 is 0. The van der Waals surface area contributed by atoms with Gasteiger partial charge in [0.25, 0.3) is 5.91 Å². The lowest BCUT2D eigenvalue weighted by molar-refractivity contribution is 0.0689. The average molecular weight is 327 g/mol. The highest BCUT2D eigenvalue weighted by Gasteiger charge is 2.25. The van der Waals surface area contributed by atoms with Crippen LogP contribution in [0.1, 0.15) is 44.9 Å². The van der Waals surface area contributed by atoms with Crippen LogP contribution in [0.2, 0.25) is 0 Å². The van der Waals surface area contributed by atoms with Crippen LogP contribution in [0, 0.1) is 12.8 Å². The number of hydrogen-bond acceptors (Lipinski definition) is 3. The predicted octanol–water partition coefficient (Wildman–Crippen LogP) is 3.38. The fourth-order valence-electron chi connectivity index (χ4n) is 3.30. The first kappa shape index (κ1) is 16.3. The van der Waals surface area contributed by atoms with Gasteiger partial charge in [0.15, 0.2) is 0 Å². The van der Waals surface area contributed by atoms with E-state index >= 15 is 0 Å². The van der Waals surface area contributed by atoms with Crippen molar-refractivity contribution in [1.29, 1.82) is 0 Å². The molecule has 1 aliphatic rings. The van der Waals surface area contributed by atoms with Crippen molar-refractivity contribution >= 4 is 11.9 Å². The normalized spacial score (nSPS) is 15.5. The monoisotopic (exact) mass is 327 g/mol. The first-order chi connectivity index (χ1) is 11.5. The Morgan fingerprint density at radius 1 is 1.25 bits per heavy atom. The third-order valence-corrected chi connectivity index (χ3v) is 4.64. The number of rotatable bonds is 4. The van der Waals surface area contributed by atoms with Gasteiger partial charge >= 0.3 is 5.97 Å². The molecule has 0 spiro atoms. The molecule has 1 aromatic heterocycles. The summed E-state index contributed by atoms with van der Waals surface area (Å²) in [6, 6.07) is 8.92. The Labute approximate surface area is 140 Å². The first-order valence-corrected chi connectivity index (χ1v) is 8.20. The minimum absolute atomic E-state index is 0.0104. The van der Waals surface area contributed by atoms with Crippen LogP contribution in [0.25, 0.3) is 0 Å². The van der Waals surface area contributed by atoms with Crippen LogP contribution in [0.3, 0.4) is 0 Å². The Morgan fingerprint density at radius 2 is 1.96 bits per heavy atom. The molecule has 2 aromatic rings. The molecular formula is C19H21NO4. The van der Waals surface area contributed by atoms with Crippen LogP contribution in [-0.4, -0.2) is 35.0 Å². The topological polar surface area (TPSA) is 70.8 Å². The SMILES string of the molecule is Cc1cc(C(=O)N2CCC(Cc3ccccc3C(=O)O)CC2)co1. The maximum Gasteiger partial charge on any atom is 0.335 e. The molecule has 1 N–H and O–H groups in total. The fourth-order valence-corrected chi connectivity index (χ4v) is 3.30. The van der Waals surface area contributed by atoms with Crippen molar-refractivity contribution in [1.82, 2.24) is 4.90 Å². The van der Waals surface area contributed by atoms with Gasteiger partial charge in [0, 0.05) is 13.1 Å². The molecule has 0 bridgehead atoms. The molecule has 2 heterocycles. The van der Waals surface area contributed by atoms with Crippen LogP contribution in [0.4, 0.5) is 0 Å². The number of benzene rings is 1. The molecule has 0 atom stereocenters. The van der Waals surface area contributed by atoms with Crippen molar-refractivity contribution in [2.45, 2.75) is 26.2 Å². The number of likely N-dealkylation sites (tertiary alicyclic amines) is 1. The molecule has 1 saturated heterocycles. The van der Waals surface area contributed by atoms with Crippen LogP contribution in [0.15, 0.2) is 41.0 Å². The Kier molecular flexibility index (Phi) is 4.69. The van der Waals surface area contributed by atoms with Gasteiger partial charge in [-0.1, -0.05) is 18.2 Å². The van der Waals surface area contributed by atoms with E-state index in [2.05, 4.69) is 0 Å². The third-order valence-electron chi connectivity index (χ3n) is 4.64. The van der Waals surface area contributed by atoms with Crippen molar-refractivity contribution in [3.8, 4) is 0 Å². The van der Waals surface area contributed by atoms with Crippen LogP contribution in [0.5, 0.6) is 0 Å². The molecule has 1 aliphatic heterocycles. The maximum absolute atomic E-state index is 12.4. The number of carboxylic acid groups (broad SMARTS) is 1. The van der Waals surface area contributed by atoms with E-state index in [1.165, 1.54) is 6.26 Å². The fraction of sp³-hybridized carbons (Fsp3) is 0.368. The van der Waals surface area contributed by atoms with E-state index in [4.69, 9.17) is 4.42 Å². The number of hydrogen-bond donors (Lipinski definition) is 1. The van der Waals surface area contributed by atoms with Gasteiger partial charge in [-0.25, -0.2) is 4.79 Å². The lowest BCUT2D eigenvalue weighted by Crippen LogP contribution is -2.38. The molecule has 0 radical (unpaired) electrons. The smallest absolute Gasteiger partial charge is 0.335 e. The van der Waals surface area contributed by atoms with E-state index in [-0.39, 0.29) is 5.91 Å². The number of furan rings is 1. The zero-order valence-corrected chi connectivity index (χ0v) is 13.7. The van der Waals surface area contributed by atoms with Crippen LogP contribution in [-0.2, 0) is 6.42 Å². The van der Waals surface area contributed by atoms with Crippen molar-refractivity contribution < 1.29 is 19.1 Å². The Morgan fingerprint density at radius 3 is 2.58 bits per heavy atom. The number of piperidine rings is 1. The van der Waals surface area contributed by atoms with Gasteiger partial charge in [0.05, 0.1) is 11.1 Å². The summed E-state index contributed by atoms with van der Waals surface area (Å²) in [5.74, 6) is 0.268. The predicted molar refractivity (Wildman–Crippen MR) is 89.2 cm³/mol. The highest BCUT2D eigenvalue weighted by molar-refractivity contribution is 5.94. The minimum Gasteiger partial charge on any atom is -0.478 e. The van der Waals surface area contributed by atoms with Gasteiger partial charge in [-0.05, 0) is 49.8 Å². The molecule has 0 unspecified atom stereocenters. The number of nitrogens with zero attached hydrogens (tertiary/aromatic N) is 1. The van der Waals surface area contributed by atoms with Crippen molar-refractivity contribution in [3.05, 3.63) is 59.0 Å². The minimum atomic E-state index is -0.881. The number of carboxylic acids is 1. The summed E-state index contributed by atoms with van der Waals surface area (Å²) < 4.78 is 5.21. The van der Waals surface area contributed by atoms with Crippen LogP contribution >= 0.6 is 0 Å². The highest BCUT2D eigenvalue weighted by atomic mass is 16.4. The number of amides is 1. The molecule has 0 aliphatic carbocycles. The van der Waals surface area contributed by atoms with E-state index in [1.54, 1.807) is 18.2 Å². The second-order valence-electron chi connectivity index (χ2n) is 6.35. The number of carbonyl (C=O) groups excluding carboxylic acids is 1. The molecule has 3 rings (SSSR count). The molecule has 5 heteroatoms. The molecule has 126 valence electrons. The van der Waals surface area contributed by atoms with Gasteiger partial charge in [-0.3, -0.25) is 4.79 Å². The second-order valence-corrected chi connectivity index (χ2v) is 6.35. The zero-order valence-electron chi connectivity index (χ0n) is 13.7. The van der Waals surface area contributed by atoms with E-state index in [1.807, 2.05) is 24.0 Å². The average Bonchev–Trinajstić information content (AvgIpc) is 3.02. The maximum atomic E-state index is 12.4. The quantitative estimate of drug-likeness (QED) is 0.934.